The van der Waals surface area contributed by atoms with Gasteiger partial charge in [-0.2, -0.15) is 0 Å². The number of nitrogens with two attached hydrogens (primary N) is 1. The first kappa shape index (κ1) is 12.8. The van der Waals surface area contributed by atoms with Gasteiger partial charge in [-0.05, 0) is 30.3 Å². The third-order valence-electron chi connectivity index (χ3n) is 2.64. The van der Waals surface area contributed by atoms with E-state index in [9.17, 15) is 4.79 Å². The van der Waals surface area contributed by atoms with Crippen LogP contribution in [0.5, 0.6) is 0 Å². The molecule has 0 aliphatic carbocycles. The standard InChI is InChI=1S/C13H10N2OS.ClH/c14-13(16)8-5-6-10-12(7-8)17-11-4-2-1-3-9(11)15-10;/h1-7,15H,(H2,14,16);1H. The third kappa shape index (κ3) is 2.17. The maximum atomic E-state index is 11.1. The van der Waals surface area contributed by atoms with E-state index in [0.717, 1.165) is 21.2 Å². The van der Waals surface area contributed by atoms with Gasteiger partial charge in [-0.1, -0.05) is 23.9 Å². The van der Waals surface area contributed by atoms with Crippen molar-refractivity contribution in [3.8, 4) is 0 Å². The average Bonchev–Trinajstić information content (AvgIpc) is 2.35. The smallest absolute Gasteiger partial charge is 0.248 e. The Kier molecular flexibility index (Phi) is 3.50. The van der Waals surface area contributed by atoms with Crippen LogP contribution in [0.3, 0.4) is 0 Å². The number of hydrogen-bond acceptors (Lipinski definition) is 3. The Balaban J connectivity index is 0.00000120. The van der Waals surface area contributed by atoms with Crippen LogP contribution in [0.2, 0.25) is 0 Å². The van der Waals surface area contributed by atoms with Crippen LogP contribution >= 0.6 is 24.2 Å². The van der Waals surface area contributed by atoms with E-state index in [1.807, 2.05) is 36.4 Å². The van der Waals surface area contributed by atoms with Gasteiger partial charge < -0.3 is 11.1 Å². The van der Waals surface area contributed by atoms with Gasteiger partial charge in [0.1, 0.15) is 0 Å². The van der Waals surface area contributed by atoms with Crippen molar-refractivity contribution in [3.63, 3.8) is 0 Å². The largest absolute Gasteiger partial charge is 0.366 e. The molecule has 3 rings (SSSR count). The summed E-state index contributed by atoms with van der Waals surface area (Å²) in [5, 5.41) is 3.33. The molecular formula is C13H11ClN2OS. The highest BCUT2D eigenvalue weighted by Crippen LogP contribution is 2.44. The second-order valence-corrected chi connectivity index (χ2v) is 4.88. The van der Waals surface area contributed by atoms with E-state index in [2.05, 4.69) is 5.32 Å². The molecule has 18 heavy (non-hydrogen) atoms. The number of para-hydroxylation sites is 1. The van der Waals surface area contributed by atoms with Gasteiger partial charge in [0.05, 0.1) is 11.4 Å². The first-order valence-corrected chi connectivity index (χ1v) is 6.03. The van der Waals surface area contributed by atoms with Gasteiger partial charge in [0, 0.05) is 15.4 Å². The highest BCUT2D eigenvalue weighted by atomic mass is 35.5. The first-order chi connectivity index (χ1) is 8.24. The van der Waals surface area contributed by atoms with Crippen LogP contribution in [0.4, 0.5) is 11.4 Å². The Bertz CT molecular complexity index is 616. The van der Waals surface area contributed by atoms with Gasteiger partial charge in [0.25, 0.3) is 0 Å². The summed E-state index contributed by atoms with van der Waals surface area (Å²) < 4.78 is 0. The minimum absolute atomic E-state index is 0. The summed E-state index contributed by atoms with van der Waals surface area (Å²) in [6.45, 7) is 0. The zero-order valence-corrected chi connectivity index (χ0v) is 11.0. The third-order valence-corrected chi connectivity index (χ3v) is 3.78. The fraction of sp³-hybridized carbons (Fsp3) is 0. The summed E-state index contributed by atoms with van der Waals surface area (Å²) in [5.74, 6) is -0.396. The molecule has 0 fully saturated rings. The topological polar surface area (TPSA) is 55.1 Å². The van der Waals surface area contributed by atoms with Gasteiger partial charge in [0.15, 0.2) is 0 Å². The van der Waals surface area contributed by atoms with Crippen molar-refractivity contribution in [2.75, 3.05) is 5.32 Å². The van der Waals surface area contributed by atoms with E-state index in [4.69, 9.17) is 5.73 Å². The Morgan fingerprint density at radius 2 is 1.78 bits per heavy atom. The SMILES string of the molecule is Cl.NC(=O)c1ccc2c(c1)Sc1ccccc1N2. The van der Waals surface area contributed by atoms with Crippen LogP contribution in [-0.4, -0.2) is 5.91 Å². The van der Waals surface area contributed by atoms with E-state index in [-0.39, 0.29) is 12.4 Å². The number of benzene rings is 2. The Morgan fingerprint density at radius 1 is 1.06 bits per heavy atom. The molecule has 1 heterocycles. The number of halogens is 1. The lowest BCUT2D eigenvalue weighted by Crippen LogP contribution is -2.11. The molecule has 0 saturated carbocycles. The summed E-state index contributed by atoms with van der Waals surface area (Å²) in [5.41, 5.74) is 7.92. The van der Waals surface area contributed by atoms with E-state index >= 15 is 0 Å². The van der Waals surface area contributed by atoms with Crippen LogP contribution in [0.1, 0.15) is 10.4 Å². The molecule has 1 aliphatic heterocycles. The van der Waals surface area contributed by atoms with Crippen LogP contribution in [0, 0.1) is 0 Å². The van der Waals surface area contributed by atoms with Crippen molar-refractivity contribution in [2.24, 2.45) is 5.73 Å². The van der Waals surface area contributed by atoms with Crippen LogP contribution < -0.4 is 11.1 Å². The molecule has 0 radical (unpaired) electrons. The normalized spacial score (nSPS) is 11.6. The van der Waals surface area contributed by atoms with E-state index in [1.165, 1.54) is 0 Å². The van der Waals surface area contributed by atoms with Crippen molar-refractivity contribution in [2.45, 2.75) is 9.79 Å². The molecule has 92 valence electrons. The number of carbonyl (C=O) groups is 1. The Morgan fingerprint density at radius 3 is 2.56 bits per heavy atom. The first-order valence-electron chi connectivity index (χ1n) is 5.22. The zero-order valence-electron chi connectivity index (χ0n) is 9.34. The van der Waals surface area contributed by atoms with Gasteiger partial charge in [-0.25, -0.2) is 0 Å². The summed E-state index contributed by atoms with van der Waals surface area (Å²) in [4.78, 5) is 13.3. The average molecular weight is 279 g/mol. The highest BCUT2D eigenvalue weighted by Gasteiger charge is 2.16. The molecule has 0 unspecified atom stereocenters. The van der Waals surface area contributed by atoms with Crippen molar-refractivity contribution in [3.05, 3.63) is 48.0 Å². The Labute approximate surface area is 115 Å². The van der Waals surface area contributed by atoms with E-state index < -0.39 is 5.91 Å². The monoisotopic (exact) mass is 278 g/mol. The Hall–Kier alpha value is -1.65. The second kappa shape index (κ2) is 4.92. The fourth-order valence-electron chi connectivity index (χ4n) is 1.79. The van der Waals surface area contributed by atoms with Crippen molar-refractivity contribution >= 4 is 41.5 Å². The molecule has 2 aromatic rings. The molecule has 0 aromatic heterocycles. The molecule has 2 aromatic carbocycles. The maximum Gasteiger partial charge on any atom is 0.248 e. The molecule has 0 saturated heterocycles. The van der Waals surface area contributed by atoms with Crippen molar-refractivity contribution < 1.29 is 4.79 Å². The number of fused-ring (bicyclic) bond motifs is 2. The molecule has 0 atom stereocenters. The molecule has 3 nitrogen and oxygen atoms in total. The van der Waals surface area contributed by atoms with E-state index in [0.29, 0.717) is 5.56 Å². The van der Waals surface area contributed by atoms with Gasteiger partial charge in [-0.3, -0.25) is 4.79 Å². The maximum absolute atomic E-state index is 11.1. The van der Waals surface area contributed by atoms with Crippen molar-refractivity contribution in [1.82, 2.24) is 0 Å². The van der Waals surface area contributed by atoms with Crippen LogP contribution in [0.25, 0.3) is 0 Å². The quantitative estimate of drug-likeness (QED) is 0.717. The number of rotatable bonds is 1. The zero-order chi connectivity index (χ0) is 11.8. The predicted octanol–water partition coefficient (Wildman–Crippen LogP) is 3.42. The van der Waals surface area contributed by atoms with Gasteiger partial charge in [0.2, 0.25) is 5.91 Å². The second-order valence-electron chi connectivity index (χ2n) is 3.80. The number of amides is 1. The lowest BCUT2D eigenvalue weighted by atomic mass is 10.2. The minimum atomic E-state index is -0.396. The minimum Gasteiger partial charge on any atom is -0.366 e. The molecule has 3 N–H and O–H groups in total. The summed E-state index contributed by atoms with van der Waals surface area (Å²) in [7, 11) is 0. The fourth-order valence-corrected chi connectivity index (χ4v) is 2.81. The number of anilines is 2. The lowest BCUT2D eigenvalue weighted by Gasteiger charge is -2.20. The lowest BCUT2D eigenvalue weighted by molar-refractivity contribution is 0.1000. The molecule has 0 bridgehead atoms. The molecule has 5 heteroatoms. The number of nitrogens with one attached hydrogen (secondary N) is 1. The molecule has 1 amide bonds. The van der Waals surface area contributed by atoms with Gasteiger partial charge in [-0.15, -0.1) is 12.4 Å². The van der Waals surface area contributed by atoms with E-state index in [1.54, 1.807) is 17.8 Å². The van der Waals surface area contributed by atoms with Gasteiger partial charge >= 0.3 is 0 Å². The van der Waals surface area contributed by atoms with Crippen LogP contribution in [0.15, 0.2) is 52.3 Å². The summed E-state index contributed by atoms with van der Waals surface area (Å²) >= 11 is 1.64. The number of carbonyl (C=O) groups excluding carboxylic acids is 1. The number of primary amides is 1. The molecular weight excluding hydrogens is 268 g/mol. The molecule has 0 spiro atoms. The summed E-state index contributed by atoms with van der Waals surface area (Å²) in [6, 6.07) is 13.5. The van der Waals surface area contributed by atoms with Crippen LogP contribution in [-0.2, 0) is 0 Å². The molecule has 1 aliphatic rings. The predicted molar refractivity (Wildman–Crippen MR) is 76.1 cm³/mol. The highest BCUT2D eigenvalue weighted by molar-refractivity contribution is 7.99. The summed E-state index contributed by atoms with van der Waals surface area (Å²) in [6.07, 6.45) is 0. The number of hydrogen-bond donors (Lipinski definition) is 2. The van der Waals surface area contributed by atoms with Crippen molar-refractivity contribution in [1.29, 1.82) is 0 Å².